The number of hydrogen-bond acceptors (Lipinski definition) is 5. The van der Waals surface area contributed by atoms with Crippen LogP contribution in [-0.2, 0) is 0 Å². The number of nitrogens with zero attached hydrogens (tertiary/aromatic N) is 4. The fraction of sp³-hybridized carbons (Fsp3) is 0.0714. The number of halogens is 1. The quantitative estimate of drug-likeness (QED) is 0.738. The van der Waals surface area contributed by atoms with Crippen molar-refractivity contribution in [1.82, 2.24) is 20.2 Å². The Morgan fingerprint density at radius 1 is 1.14 bits per heavy atom. The van der Waals surface area contributed by atoms with Crippen molar-refractivity contribution in [3.8, 4) is 22.8 Å². The molecule has 0 unspecified atom stereocenters. The summed E-state index contributed by atoms with van der Waals surface area (Å²) < 4.78 is 7.99. The fourth-order valence-corrected chi connectivity index (χ4v) is 2.28. The van der Waals surface area contributed by atoms with Gasteiger partial charge in [0, 0.05) is 10.2 Å². The van der Waals surface area contributed by atoms with Gasteiger partial charge in [-0.15, -0.1) is 5.10 Å². The second kappa shape index (κ2) is 5.53. The lowest BCUT2D eigenvalue weighted by atomic mass is 10.1. The first-order valence-corrected chi connectivity index (χ1v) is 6.96. The highest BCUT2D eigenvalue weighted by molar-refractivity contribution is 9.10. The van der Waals surface area contributed by atoms with Gasteiger partial charge in [0.1, 0.15) is 5.75 Å². The van der Waals surface area contributed by atoms with Crippen LogP contribution in [-0.4, -0.2) is 27.3 Å². The minimum atomic E-state index is 0.571. The lowest BCUT2D eigenvalue weighted by Gasteiger charge is -2.09. The molecule has 1 aromatic heterocycles. The van der Waals surface area contributed by atoms with E-state index in [1.54, 1.807) is 30.0 Å². The standard InChI is InChI=1S/C14H12BrN5O/c1-21-13-7-4-10(16)8-12(13)14-17-18-19-20(14)11-5-2-9(15)3-6-11/h2-8H,16H2,1H3. The van der Waals surface area contributed by atoms with Crippen LogP contribution < -0.4 is 10.5 Å². The first kappa shape index (κ1) is 13.6. The Morgan fingerprint density at radius 2 is 1.90 bits per heavy atom. The molecule has 2 aromatic carbocycles. The van der Waals surface area contributed by atoms with Crippen LogP contribution in [0.4, 0.5) is 5.69 Å². The molecule has 0 aliphatic rings. The van der Waals surface area contributed by atoms with Crippen LogP contribution in [0.25, 0.3) is 17.1 Å². The number of tetrazole rings is 1. The first-order chi connectivity index (χ1) is 10.2. The van der Waals surface area contributed by atoms with Crippen molar-refractivity contribution in [2.24, 2.45) is 0 Å². The summed E-state index contributed by atoms with van der Waals surface area (Å²) in [5.74, 6) is 1.24. The molecule has 0 radical (unpaired) electrons. The van der Waals surface area contributed by atoms with Crippen molar-refractivity contribution >= 4 is 21.6 Å². The second-order valence-electron chi connectivity index (χ2n) is 4.35. The number of benzene rings is 2. The summed E-state index contributed by atoms with van der Waals surface area (Å²) in [7, 11) is 1.60. The van der Waals surface area contributed by atoms with Crippen LogP contribution in [0.2, 0.25) is 0 Å². The molecule has 0 spiro atoms. The van der Waals surface area contributed by atoms with Crippen molar-refractivity contribution in [1.29, 1.82) is 0 Å². The molecule has 106 valence electrons. The van der Waals surface area contributed by atoms with Crippen molar-refractivity contribution in [2.45, 2.75) is 0 Å². The number of aromatic nitrogens is 4. The van der Waals surface area contributed by atoms with Gasteiger partial charge in [-0.1, -0.05) is 15.9 Å². The Labute approximate surface area is 129 Å². The number of nitrogens with two attached hydrogens (primary N) is 1. The highest BCUT2D eigenvalue weighted by Crippen LogP contribution is 2.31. The van der Waals surface area contributed by atoms with Crippen LogP contribution in [0.3, 0.4) is 0 Å². The maximum absolute atomic E-state index is 5.86. The lowest BCUT2D eigenvalue weighted by molar-refractivity contribution is 0.416. The summed E-state index contributed by atoms with van der Waals surface area (Å²) in [6, 6.07) is 13.1. The molecular formula is C14H12BrN5O. The third-order valence-electron chi connectivity index (χ3n) is 3.01. The highest BCUT2D eigenvalue weighted by Gasteiger charge is 2.15. The van der Waals surface area contributed by atoms with E-state index in [0.717, 1.165) is 15.7 Å². The predicted octanol–water partition coefficient (Wildman–Crippen LogP) is 2.68. The van der Waals surface area contributed by atoms with E-state index in [0.29, 0.717) is 17.3 Å². The van der Waals surface area contributed by atoms with E-state index in [1.165, 1.54) is 0 Å². The molecule has 6 nitrogen and oxygen atoms in total. The number of ether oxygens (including phenoxy) is 1. The van der Waals surface area contributed by atoms with Gasteiger partial charge in [0.25, 0.3) is 0 Å². The van der Waals surface area contributed by atoms with Gasteiger partial charge in [-0.05, 0) is 52.9 Å². The molecule has 7 heteroatoms. The highest BCUT2D eigenvalue weighted by atomic mass is 79.9. The van der Waals surface area contributed by atoms with Gasteiger partial charge < -0.3 is 10.5 Å². The van der Waals surface area contributed by atoms with Gasteiger partial charge >= 0.3 is 0 Å². The van der Waals surface area contributed by atoms with Gasteiger partial charge in [0.05, 0.1) is 18.4 Å². The molecule has 2 N–H and O–H groups in total. The number of anilines is 1. The molecule has 0 saturated carbocycles. The minimum absolute atomic E-state index is 0.571. The Hall–Kier alpha value is -2.41. The summed E-state index contributed by atoms with van der Waals surface area (Å²) in [5, 5.41) is 11.9. The summed E-state index contributed by atoms with van der Waals surface area (Å²) in [6.45, 7) is 0. The Kier molecular flexibility index (Phi) is 3.57. The van der Waals surface area contributed by atoms with Crippen molar-refractivity contribution in [2.75, 3.05) is 12.8 Å². The van der Waals surface area contributed by atoms with Gasteiger partial charge in [0.15, 0.2) is 5.82 Å². The molecule has 0 amide bonds. The average Bonchev–Trinajstić information content (AvgIpc) is 2.97. The van der Waals surface area contributed by atoms with Crippen LogP contribution in [0.5, 0.6) is 5.75 Å². The molecule has 0 atom stereocenters. The van der Waals surface area contributed by atoms with Crippen LogP contribution in [0.15, 0.2) is 46.9 Å². The predicted molar refractivity (Wildman–Crippen MR) is 83.3 cm³/mol. The van der Waals surface area contributed by atoms with E-state index in [9.17, 15) is 0 Å². The maximum Gasteiger partial charge on any atom is 0.190 e. The second-order valence-corrected chi connectivity index (χ2v) is 5.27. The monoisotopic (exact) mass is 345 g/mol. The molecule has 0 bridgehead atoms. The third-order valence-corrected chi connectivity index (χ3v) is 3.53. The third kappa shape index (κ3) is 2.59. The normalized spacial score (nSPS) is 10.6. The van der Waals surface area contributed by atoms with Crippen molar-refractivity contribution < 1.29 is 4.74 Å². The summed E-state index contributed by atoms with van der Waals surface area (Å²) in [5.41, 5.74) is 8.07. The number of methoxy groups -OCH3 is 1. The number of nitrogen functional groups attached to an aromatic ring is 1. The Balaban J connectivity index is 2.15. The van der Waals surface area contributed by atoms with Crippen LogP contribution in [0.1, 0.15) is 0 Å². The Morgan fingerprint density at radius 3 is 2.62 bits per heavy atom. The van der Waals surface area contributed by atoms with Gasteiger partial charge in [-0.2, -0.15) is 4.68 Å². The molecule has 0 fully saturated rings. The molecule has 1 heterocycles. The van der Waals surface area contributed by atoms with E-state index < -0.39 is 0 Å². The van der Waals surface area contributed by atoms with Crippen LogP contribution in [0, 0.1) is 0 Å². The summed E-state index contributed by atoms with van der Waals surface area (Å²) in [6.07, 6.45) is 0. The number of rotatable bonds is 3. The molecule has 0 aliphatic carbocycles. The van der Waals surface area contributed by atoms with Crippen LogP contribution >= 0.6 is 15.9 Å². The topological polar surface area (TPSA) is 78.8 Å². The summed E-state index contributed by atoms with van der Waals surface area (Å²) in [4.78, 5) is 0. The molecule has 3 aromatic rings. The zero-order valence-electron chi connectivity index (χ0n) is 11.2. The molecule has 0 aliphatic heterocycles. The van der Waals surface area contributed by atoms with E-state index in [4.69, 9.17) is 10.5 Å². The van der Waals surface area contributed by atoms with E-state index >= 15 is 0 Å². The maximum atomic E-state index is 5.86. The average molecular weight is 346 g/mol. The minimum Gasteiger partial charge on any atom is -0.496 e. The Bertz CT molecular complexity index is 769. The SMILES string of the molecule is COc1ccc(N)cc1-c1nnnn1-c1ccc(Br)cc1. The fourth-order valence-electron chi connectivity index (χ4n) is 2.01. The number of hydrogen-bond donors (Lipinski definition) is 1. The summed E-state index contributed by atoms with van der Waals surface area (Å²) >= 11 is 3.41. The van der Waals surface area contributed by atoms with Gasteiger partial charge in [0.2, 0.25) is 0 Å². The first-order valence-electron chi connectivity index (χ1n) is 6.17. The molecule has 0 saturated heterocycles. The van der Waals surface area contributed by atoms with E-state index in [-0.39, 0.29) is 0 Å². The van der Waals surface area contributed by atoms with Gasteiger partial charge in [-0.25, -0.2) is 0 Å². The molecular weight excluding hydrogens is 334 g/mol. The molecule has 3 rings (SSSR count). The zero-order chi connectivity index (χ0) is 14.8. The molecule has 21 heavy (non-hydrogen) atoms. The van der Waals surface area contributed by atoms with Crippen molar-refractivity contribution in [3.63, 3.8) is 0 Å². The van der Waals surface area contributed by atoms with Crippen molar-refractivity contribution in [3.05, 3.63) is 46.9 Å². The largest absolute Gasteiger partial charge is 0.496 e. The van der Waals surface area contributed by atoms with E-state index in [1.807, 2.05) is 24.3 Å². The lowest BCUT2D eigenvalue weighted by Crippen LogP contribution is -2.01. The zero-order valence-corrected chi connectivity index (χ0v) is 12.8. The smallest absolute Gasteiger partial charge is 0.190 e. The van der Waals surface area contributed by atoms with E-state index in [2.05, 4.69) is 31.5 Å². The van der Waals surface area contributed by atoms with Gasteiger partial charge in [-0.3, -0.25) is 0 Å².